The molecule has 1 N–H and O–H groups in total. The first-order valence-corrected chi connectivity index (χ1v) is 7.09. The van der Waals surface area contributed by atoms with Gasteiger partial charge in [0.2, 0.25) is 5.76 Å². The molecule has 0 spiro atoms. The maximum absolute atomic E-state index is 11.9. The lowest BCUT2D eigenvalue weighted by atomic mass is 10.1. The molecule has 2 heterocycles. The van der Waals surface area contributed by atoms with Crippen molar-refractivity contribution in [1.82, 2.24) is 15.1 Å². The zero-order valence-corrected chi connectivity index (χ0v) is 12.1. The molecule has 1 aromatic carbocycles. The van der Waals surface area contributed by atoms with Crippen LogP contribution in [0, 0.1) is 0 Å². The topological polar surface area (TPSA) is 65.4 Å². The Kier molecular flexibility index (Phi) is 4.38. The quantitative estimate of drug-likeness (QED) is 0.907. The van der Waals surface area contributed by atoms with Crippen LogP contribution in [-0.4, -0.2) is 28.9 Å². The Morgan fingerprint density at radius 1 is 1.23 bits per heavy atom. The van der Waals surface area contributed by atoms with Crippen LogP contribution in [0.1, 0.15) is 11.1 Å². The van der Waals surface area contributed by atoms with Gasteiger partial charge in [-0.2, -0.15) is 5.10 Å². The Bertz CT molecular complexity index is 648. The molecule has 1 aliphatic rings. The molecular formula is C16H17N3O3. The van der Waals surface area contributed by atoms with Gasteiger partial charge in [0, 0.05) is 18.9 Å². The van der Waals surface area contributed by atoms with Gasteiger partial charge in [0.15, 0.2) is 0 Å². The van der Waals surface area contributed by atoms with E-state index in [-0.39, 0.29) is 11.7 Å². The fraction of sp³-hybridized carbons (Fsp3) is 0.250. The number of hydrogen-bond donors (Lipinski definition) is 1. The van der Waals surface area contributed by atoms with Crippen molar-refractivity contribution in [2.24, 2.45) is 0 Å². The van der Waals surface area contributed by atoms with Gasteiger partial charge in [-0.05, 0) is 17.2 Å². The van der Waals surface area contributed by atoms with E-state index in [1.807, 2.05) is 41.2 Å². The summed E-state index contributed by atoms with van der Waals surface area (Å²) >= 11 is 0. The number of rotatable bonds is 5. The Morgan fingerprint density at radius 2 is 2.05 bits per heavy atom. The molecule has 114 valence electrons. The van der Waals surface area contributed by atoms with Gasteiger partial charge < -0.3 is 14.8 Å². The lowest BCUT2D eigenvalue weighted by Crippen LogP contribution is -2.28. The summed E-state index contributed by atoms with van der Waals surface area (Å²) in [6.45, 7) is 2.06. The number of carbonyl (C=O) groups excluding carboxylic acids is 1. The van der Waals surface area contributed by atoms with Crippen molar-refractivity contribution in [2.75, 3.05) is 13.2 Å². The molecule has 2 aromatic rings. The van der Waals surface area contributed by atoms with Gasteiger partial charge in [-0.3, -0.25) is 9.48 Å². The number of amides is 1. The average molecular weight is 299 g/mol. The first kappa shape index (κ1) is 14.2. The summed E-state index contributed by atoms with van der Waals surface area (Å²) in [5.74, 6) is -0.0399. The standard InChI is InChI=1S/C16H17N3O3/c20-16(15-12-21-8-9-22-15)17-10-13-2-4-14(5-3-13)11-19-7-1-6-18-19/h1-7,12H,8-11H2,(H,17,20). The van der Waals surface area contributed by atoms with E-state index in [1.54, 1.807) is 6.20 Å². The van der Waals surface area contributed by atoms with Crippen LogP contribution in [0.25, 0.3) is 0 Å². The summed E-state index contributed by atoms with van der Waals surface area (Å²) in [5.41, 5.74) is 2.18. The van der Waals surface area contributed by atoms with E-state index in [1.165, 1.54) is 6.26 Å². The Hall–Kier alpha value is -2.76. The number of nitrogens with one attached hydrogen (secondary N) is 1. The summed E-state index contributed by atoms with van der Waals surface area (Å²) in [4.78, 5) is 11.9. The van der Waals surface area contributed by atoms with Gasteiger partial charge >= 0.3 is 0 Å². The van der Waals surface area contributed by atoms with Crippen LogP contribution >= 0.6 is 0 Å². The van der Waals surface area contributed by atoms with Gasteiger partial charge in [0.1, 0.15) is 19.5 Å². The summed E-state index contributed by atoms with van der Waals surface area (Å²) < 4.78 is 12.1. The molecule has 0 fully saturated rings. The summed E-state index contributed by atoms with van der Waals surface area (Å²) in [5, 5.41) is 6.98. The third kappa shape index (κ3) is 3.66. The number of hydrogen-bond acceptors (Lipinski definition) is 4. The van der Waals surface area contributed by atoms with Crippen LogP contribution in [0.3, 0.4) is 0 Å². The van der Waals surface area contributed by atoms with E-state index in [4.69, 9.17) is 9.47 Å². The molecule has 0 aliphatic carbocycles. The van der Waals surface area contributed by atoms with Crippen molar-refractivity contribution in [3.63, 3.8) is 0 Å². The van der Waals surface area contributed by atoms with Crippen LogP contribution < -0.4 is 5.32 Å². The van der Waals surface area contributed by atoms with Gasteiger partial charge in [-0.15, -0.1) is 0 Å². The molecular weight excluding hydrogens is 282 g/mol. The second kappa shape index (κ2) is 6.80. The SMILES string of the molecule is O=C(NCc1ccc(Cn2cccn2)cc1)C1=COCCO1. The van der Waals surface area contributed by atoms with E-state index in [2.05, 4.69) is 10.4 Å². The highest BCUT2D eigenvalue weighted by molar-refractivity contribution is 5.91. The first-order valence-electron chi connectivity index (χ1n) is 7.09. The molecule has 0 bridgehead atoms. The van der Waals surface area contributed by atoms with Gasteiger partial charge in [-0.25, -0.2) is 0 Å². The van der Waals surface area contributed by atoms with E-state index in [0.29, 0.717) is 19.8 Å². The molecule has 0 unspecified atom stereocenters. The predicted octanol–water partition coefficient (Wildman–Crippen LogP) is 1.44. The lowest BCUT2D eigenvalue weighted by molar-refractivity contribution is -0.122. The second-order valence-corrected chi connectivity index (χ2v) is 4.90. The molecule has 0 atom stereocenters. The highest BCUT2D eigenvalue weighted by Crippen LogP contribution is 2.08. The molecule has 1 amide bonds. The molecule has 0 saturated heterocycles. The van der Waals surface area contributed by atoms with Crippen LogP contribution in [0.4, 0.5) is 0 Å². The Labute approximate surface area is 128 Å². The van der Waals surface area contributed by atoms with Crippen molar-refractivity contribution in [1.29, 1.82) is 0 Å². The van der Waals surface area contributed by atoms with Crippen molar-refractivity contribution >= 4 is 5.91 Å². The average Bonchev–Trinajstić information content (AvgIpc) is 3.08. The first-order chi connectivity index (χ1) is 10.8. The zero-order valence-electron chi connectivity index (χ0n) is 12.1. The fourth-order valence-corrected chi connectivity index (χ4v) is 2.10. The molecule has 22 heavy (non-hydrogen) atoms. The monoisotopic (exact) mass is 299 g/mol. The maximum Gasteiger partial charge on any atom is 0.289 e. The third-order valence-corrected chi connectivity index (χ3v) is 3.25. The van der Waals surface area contributed by atoms with Gasteiger partial charge in [0.05, 0.1) is 6.54 Å². The van der Waals surface area contributed by atoms with E-state index < -0.39 is 0 Å². The highest BCUT2D eigenvalue weighted by atomic mass is 16.6. The number of benzene rings is 1. The zero-order chi connectivity index (χ0) is 15.2. The fourth-order valence-electron chi connectivity index (χ4n) is 2.10. The Morgan fingerprint density at radius 3 is 2.73 bits per heavy atom. The van der Waals surface area contributed by atoms with Crippen molar-refractivity contribution < 1.29 is 14.3 Å². The molecule has 3 rings (SSSR count). The maximum atomic E-state index is 11.9. The molecule has 6 heteroatoms. The number of nitrogens with zero attached hydrogens (tertiary/aromatic N) is 2. The normalized spacial score (nSPS) is 13.7. The number of ether oxygens (including phenoxy) is 2. The molecule has 1 aromatic heterocycles. The second-order valence-electron chi connectivity index (χ2n) is 4.90. The van der Waals surface area contributed by atoms with Crippen molar-refractivity contribution in [3.8, 4) is 0 Å². The summed E-state index contributed by atoms with van der Waals surface area (Å²) in [6.07, 6.45) is 5.04. The number of aromatic nitrogens is 2. The van der Waals surface area contributed by atoms with Crippen molar-refractivity contribution in [3.05, 3.63) is 65.9 Å². The lowest BCUT2D eigenvalue weighted by Gasteiger charge is -2.15. The van der Waals surface area contributed by atoms with Crippen molar-refractivity contribution in [2.45, 2.75) is 13.1 Å². The van der Waals surface area contributed by atoms with E-state index in [0.717, 1.165) is 17.7 Å². The minimum absolute atomic E-state index is 0.224. The molecule has 1 aliphatic heterocycles. The predicted molar refractivity (Wildman–Crippen MR) is 79.6 cm³/mol. The smallest absolute Gasteiger partial charge is 0.289 e. The Balaban J connectivity index is 1.52. The molecule has 6 nitrogen and oxygen atoms in total. The molecule has 0 saturated carbocycles. The van der Waals surface area contributed by atoms with Gasteiger partial charge in [0.25, 0.3) is 5.91 Å². The minimum Gasteiger partial charge on any atom is -0.494 e. The largest absolute Gasteiger partial charge is 0.494 e. The summed E-state index contributed by atoms with van der Waals surface area (Å²) in [6, 6.07) is 9.94. The third-order valence-electron chi connectivity index (χ3n) is 3.25. The summed E-state index contributed by atoms with van der Waals surface area (Å²) in [7, 11) is 0. The highest BCUT2D eigenvalue weighted by Gasteiger charge is 2.14. The van der Waals surface area contributed by atoms with Crippen LogP contribution in [0.15, 0.2) is 54.7 Å². The van der Waals surface area contributed by atoms with Crippen LogP contribution in [-0.2, 0) is 27.4 Å². The van der Waals surface area contributed by atoms with E-state index >= 15 is 0 Å². The number of carbonyl (C=O) groups is 1. The van der Waals surface area contributed by atoms with E-state index in [9.17, 15) is 4.79 Å². The van der Waals surface area contributed by atoms with Crippen LogP contribution in [0.5, 0.6) is 0 Å². The van der Waals surface area contributed by atoms with Crippen LogP contribution in [0.2, 0.25) is 0 Å². The molecule has 0 radical (unpaired) electrons. The van der Waals surface area contributed by atoms with Gasteiger partial charge in [-0.1, -0.05) is 24.3 Å². The minimum atomic E-state index is -0.264.